The van der Waals surface area contributed by atoms with Crippen LogP contribution in [0.1, 0.15) is 46.0 Å². The lowest BCUT2D eigenvalue weighted by atomic mass is 9.98. The average molecular weight is 372 g/mol. The van der Waals surface area contributed by atoms with Crippen LogP contribution in [0.3, 0.4) is 0 Å². The quantitative estimate of drug-likeness (QED) is 0.248. The second kappa shape index (κ2) is 12.0. The zero-order valence-electron chi connectivity index (χ0n) is 15.1. The highest BCUT2D eigenvalue weighted by Gasteiger charge is 2.27. The van der Waals surface area contributed by atoms with Crippen molar-refractivity contribution in [2.45, 2.75) is 64.1 Å². The molecule has 7 N–H and O–H groups in total. The van der Waals surface area contributed by atoms with Crippen LogP contribution in [0, 0.1) is 5.92 Å². The van der Waals surface area contributed by atoms with Gasteiger partial charge in [-0.25, -0.2) is 0 Å². The van der Waals surface area contributed by atoms with Crippen LogP contribution in [0.2, 0.25) is 0 Å². The first-order valence-corrected chi connectivity index (χ1v) is 8.44. The smallest absolute Gasteiger partial charge is 0.303 e. The van der Waals surface area contributed by atoms with Gasteiger partial charge >= 0.3 is 5.97 Å². The molecule has 10 heteroatoms. The molecule has 0 aromatic carbocycles. The van der Waals surface area contributed by atoms with E-state index < -0.39 is 41.8 Å². The van der Waals surface area contributed by atoms with Crippen LogP contribution in [0.25, 0.3) is 0 Å². The third kappa shape index (κ3) is 9.11. The first-order valence-electron chi connectivity index (χ1n) is 8.44. The molecular formula is C16H28N4O6. The molecule has 0 saturated carbocycles. The number of carboxylic acid groups (broad SMARTS) is 1. The van der Waals surface area contributed by atoms with Crippen molar-refractivity contribution < 1.29 is 29.1 Å². The molecule has 0 bridgehead atoms. The Bertz CT molecular complexity index is 525. The number of aliphatic carboxylic acids is 1. The molecule has 0 rings (SSSR count). The van der Waals surface area contributed by atoms with Crippen molar-refractivity contribution in [2.24, 2.45) is 17.4 Å². The lowest BCUT2D eigenvalue weighted by Gasteiger charge is -2.24. The molecule has 26 heavy (non-hydrogen) atoms. The second-order valence-corrected chi connectivity index (χ2v) is 6.16. The van der Waals surface area contributed by atoms with E-state index in [0.29, 0.717) is 12.7 Å². The number of rotatable bonds is 13. The number of amides is 3. The van der Waals surface area contributed by atoms with Crippen molar-refractivity contribution in [3.63, 3.8) is 0 Å². The molecule has 10 nitrogen and oxygen atoms in total. The molecule has 0 aliphatic heterocycles. The van der Waals surface area contributed by atoms with Gasteiger partial charge in [0.25, 0.3) is 0 Å². The van der Waals surface area contributed by atoms with Gasteiger partial charge in [0.2, 0.25) is 17.7 Å². The molecule has 148 valence electrons. The van der Waals surface area contributed by atoms with Gasteiger partial charge in [0.15, 0.2) is 0 Å². The molecule has 4 atom stereocenters. The van der Waals surface area contributed by atoms with E-state index in [-0.39, 0.29) is 31.6 Å². The Balaban J connectivity index is 5.00. The van der Waals surface area contributed by atoms with Gasteiger partial charge in [0, 0.05) is 12.8 Å². The van der Waals surface area contributed by atoms with E-state index in [0.717, 1.165) is 0 Å². The van der Waals surface area contributed by atoms with Crippen molar-refractivity contribution in [1.82, 2.24) is 10.6 Å². The number of carbonyl (C=O) groups is 5. The zero-order chi connectivity index (χ0) is 20.3. The number of hydrogen-bond acceptors (Lipinski definition) is 6. The predicted octanol–water partition coefficient (Wildman–Crippen LogP) is -1.34. The van der Waals surface area contributed by atoms with Gasteiger partial charge in [0.05, 0.1) is 12.1 Å². The maximum absolute atomic E-state index is 12.3. The third-order valence-electron chi connectivity index (χ3n) is 4.03. The number of aldehydes is 1. The molecule has 0 radical (unpaired) electrons. The topological polar surface area (TPSA) is 182 Å². The number of primary amides is 1. The van der Waals surface area contributed by atoms with E-state index in [1.807, 2.05) is 6.92 Å². The number of carboxylic acids is 1. The Morgan fingerprint density at radius 2 is 1.69 bits per heavy atom. The van der Waals surface area contributed by atoms with Crippen molar-refractivity contribution in [2.75, 3.05) is 0 Å². The highest BCUT2D eigenvalue weighted by Crippen LogP contribution is 2.07. The van der Waals surface area contributed by atoms with Crippen LogP contribution in [-0.4, -0.2) is 53.2 Å². The van der Waals surface area contributed by atoms with Gasteiger partial charge in [-0.1, -0.05) is 20.3 Å². The Hall–Kier alpha value is -2.49. The summed E-state index contributed by atoms with van der Waals surface area (Å²) in [7, 11) is 0. The number of carbonyl (C=O) groups excluding carboxylic acids is 4. The Kier molecular flexibility index (Phi) is 10.8. The molecule has 0 aliphatic carbocycles. The minimum absolute atomic E-state index is 0.0105. The summed E-state index contributed by atoms with van der Waals surface area (Å²) in [5.41, 5.74) is 10.8. The fraction of sp³-hybridized carbons (Fsp3) is 0.688. The van der Waals surface area contributed by atoms with Crippen LogP contribution in [-0.2, 0) is 24.0 Å². The first kappa shape index (κ1) is 23.5. The highest BCUT2D eigenvalue weighted by molar-refractivity contribution is 5.91. The normalized spacial score (nSPS) is 15.2. The first-order chi connectivity index (χ1) is 12.1. The van der Waals surface area contributed by atoms with Gasteiger partial charge in [0.1, 0.15) is 12.3 Å². The lowest BCUT2D eigenvalue weighted by Crippen LogP contribution is -2.54. The van der Waals surface area contributed by atoms with Crippen molar-refractivity contribution >= 4 is 30.0 Å². The Morgan fingerprint density at radius 3 is 2.15 bits per heavy atom. The van der Waals surface area contributed by atoms with E-state index in [9.17, 15) is 24.0 Å². The molecule has 0 aliphatic rings. The summed E-state index contributed by atoms with van der Waals surface area (Å²) >= 11 is 0. The van der Waals surface area contributed by atoms with Crippen LogP contribution in [0.5, 0.6) is 0 Å². The zero-order valence-corrected chi connectivity index (χ0v) is 15.1. The van der Waals surface area contributed by atoms with E-state index in [4.69, 9.17) is 16.6 Å². The van der Waals surface area contributed by atoms with E-state index in [1.54, 1.807) is 6.92 Å². The summed E-state index contributed by atoms with van der Waals surface area (Å²) < 4.78 is 0. The van der Waals surface area contributed by atoms with E-state index >= 15 is 0 Å². The Morgan fingerprint density at radius 1 is 1.08 bits per heavy atom. The molecule has 0 saturated heterocycles. The molecule has 0 aromatic heterocycles. The molecule has 0 fully saturated rings. The van der Waals surface area contributed by atoms with E-state index in [2.05, 4.69) is 10.6 Å². The number of nitrogens with one attached hydrogen (secondary N) is 2. The minimum Gasteiger partial charge on any atom is -0.481 e. The summed E-state index contributed by atoms with van der Waals surface area (Å²) in [5.74, 6) is -3.19. The van der Waals surface area contributed by atoms with Crippen molar-refractivity contribution in [3.05, 3.63) is 0 Å². The van der Waals surface area contributed by atoms with E-state index in [1.165, 1.54) is 0 Å². The van der Waals surface area contributed by atoms with Gasteiger partial charge in [-0.05, 0) is 18.8 Å². The predicted molar refractivity (Wildman–Crippen MR) is 92.7 cm³/mol. The second-order valence-electron chi connectivity index (χ2n) is 6.16. The molecule has 3 amide bonds. The SMILES string of the molecule is CC[C@H](C)[C@H](N)C(=O)N[C@@H](CCC(=O)O)C(=O)N[C@H](C=O)CCC(N)=O. The fourth-order valence-corrected chi connectivity index (χ4v) is 2.07. The van der Waals surface area contributed by atoms with Crippen LogP contribution in [0.4, 0.5) is 0 Å². The largest absolute Gasteiger partial charge is 0.481 e. The third-order valence-corrected chi connectivity index (χ3v) is 4.03. The monoisotopic (exact) mass is 372 g/mol. The molecule has 0 spiro atoms. The molecular weight excluding hydrogens is 344 g/mol. The summed E-state index contributed by atoms with van der Waals surface area (Å²) in [6.07, 6.45) is 0.486. The van der Waals surface area contributed by atoms with Gasteiger partial charge in [-0.3, -0.25) is 19.2 Å². The molecule has 0 heterocycles. The van der Waals surface area contributed by atoms with Crippen LogP contribution >= 0.6 is 0 Å². The lowest BCUT2D eigenvalue weighted by molar-refractivity contribution is -0.138. The van der Waals surface area contributed by atoms with Crippen LogP contribution < -0.4 is 22.1 Å². The maximum atomic E-state index is 12.3. The highest BCUT2D eigenvalue weighted by atomic mass is 16.4. The van der Waals surface area contributed by atoms with Crippen LogP contribution in [0.15, 0.2) is 0 Å². The summed E-state index contributed by atoms with van der Waals surface area (Å²) in [4.78, 5) is 57.1. The fourth-order valence-electron chi connectivity index (χ4n) is 2.07. The maximum Gasteiger partial charge on any atom is 0.303 e. The van der Waals surface area contributed by atoms with Gasteiger partial charge < -0.3 is 32.0 Å². The van der Waals surface area contributed by atoms with Gasteiger partial charge in [-0.15, -0.1) is 0 Å². The Labute approximate surface area is 152 Å². The average Bonchev–Trinajstić information content (AvgIpc) is 2.59. The molecule has 0 aromatic rings. The number of hydrogen-bond donors (Lipinski definition) is 5. The minimum atomic E-state index is -1.16. The van der Waals surface area contributed by atoms with Gasteiger partial charge in [-0.2, -0.15) is 0 Å². The summed E-state index contributed by atoms with van der Waals surface area (Å²) in [6.45, 7) is 3.64. The summed E-state index contributed by atoms with van der Waals surface area (Å²) in [5, 5.41) is 13.6. The number of nitrogens with two attached hydrogens (primary N) is 2. The van der Waals surface area contributed by atoms with Crippen molar-refractivity contribution in [1.29, 1.82) is 0 Å². The summed E-state index contributed by atoms with van der Waals surface area (Å²) in [6, 6.07) is -2.98. The van der Waals surface area contributed by atoms with Crippen molar-refractivity contribution in [3.8, 4) is 0 Å². The molecule has 0 unspecified atom stereocenters. The standard InChI is InChI=1S/C16H28N4O6/c1-3-9(2)14(18)16(26)20-11(5-7-13(23)24)15(25)19-10(8-21)4-6-12(17)22/h8-11,14H,3-7,18H2,1-2H3,(H2,17,22)(H,19,25)(H,20,26)(H,23,24)/t9-,10-,11-,14-/m0/s1.